The van der Waals surface area contributed by atoms with Gasteiger partial charge in [-0.15, -0.1) is 11.3 Å². The topological polar surface area (TPSA) is 89.3 Å². The molecule has 0 saturated heterocycles. The second-order valence-corrected chi connectivity index (χ2v) is 8.62. The van der Waals surface area contributed by atoms with Crippen molar-refractivity contribution >= 4 is 34.5 Å². The highest BCUT2D eigenvalue weighted by atomic mass is 35.5. The molecule has 2 N–H and O–H groups in total. The number of hydrogen-bond acceptors (Lipinski definition) is 7. The van der Waals surface area contributed by atoms with Gasteiger partial charge in [-0.25, -0.2) is 9.97 Å². The fraction of sp³-hybridized carbons (Fsp3) is 0.208. The van der Waals surface area contributed by atoms with Gasteiger partial charge in [0.15, 0.2) is 11.7 Å². The number of methoxy groups -OCH3 is 1. The summed E-state index contributed by atoms with van der Waals surface area (Å²) in [6.45, 7) is 2.86. The summed E-state index contributed by atoms with van der Waals surface area (Å²) < 4.78 is 11.1. The molecule has 0 aliphatic heterocycles. The molecular formula is C24H23ClN4O3S. The van der Waals surface area contributed by atoms with E-state index in [9.17, 15) is 4.79 Å². The van der Waals surface area contributed by atoms with E-state index in [1.54, 1.807) is 20.2 Å². The van der Waals surface area contributed by atoms with Crippen molar-refractivity contribution in [1.82, 2.24) is 15.3 Å². The van der Waals surface area contributed by atoms with Gasteiger partial charge < -0.3 is 19.8 Å². The predicted octanol–water partition coefficient (Wildman–Crippen LogP) is 5.21. The summed E-state index contributed by atoms with van der Waals surface area (Å²) in [5.41, 5.74) is 3.54. The van der Waals surface area contributed by atoms with Crippen molar-refractivity contribution in [3.05, 3.63) is 70.0 Å². The molecule has 2 heterocycles. The van der Waals surface area contributed by atoms with E-state index in [0.29, 0.717) is 35.5 Å². The Labute approximate surface area is 200 Å². The summed E-state index contributed by atoms with van der Waals surface area (Å²) in [5.74, 6) is 1.87. The van der Waals surface area contributed by atoms with Gasteiger partial charge in [-0.3, -0.25) is 4.79 Å². The number of nitrogens with zero attached hydrogens (tertiary/aromatic N) is 2. The fourth-order valence-electron chi connectivity index (χ4n) is 3.24. The number of carbonyl (C=O) groups is 1. The zero-order chi connectivity index (χ0) is 23.2. The number of carbonyl (C=O) groups excluding carboxylic acids is 1. The summed E-state index contributed by atoms with van der Waals surface area (Å²) in [7, 11) is 1.61. The first-order chi connectivity index (χ1) is 16.0. The molecule has 2 aromatic heterocycles. The molecular weight excluding hydrogens is 460 g/mol. The third kappa shape index (κ3) is 5.91. The molecule has 0 fully saturated rings. The SMILES string of the molecule is COc1cc(NCCNC(=O)Cc2nc(-c3ccc(Cl)cc3)cs2)ccc1-c1cnc(C)o1. The zero-order valence-corrected chi connectivity index (χ0v) is 19.8. The van der Waals surface area contributed by atoms with Crippen molar-refractivity contribution in [3.63, 3.8) is 0 Å². The average molecular weight is 483 g/mol. The molecule has 33 heavy (non-hydrogen) atoms. The maximum atomic E-state index is 12.3. The van der Waals surface area contributed by atoms with E-state index in [1.807, 2.05) is 47.8 Å². The van der Waals surface area contributed by atoms with E-state index in [-0.39, 0.29) is 12.3 Å². The van der Waals surface area contributed by atoms with Gasteiger partial charge in [-0.05, 0) is 24.3 Å². The monoisotopic (exact) mass is 482 g/mol. The Morgan fingerprint density at radius 3 is 2.73 bits per heavy atom. The van der Waals surface area contributed by atoms with Crippen LogP contribution in [0.15, 0.2) is 58.5 Å². The minimum absolute atomic E-state index is 0.0672. The largest absolute Gasteiger partial charge is 0.496 e. The molecule has 2 aromatic carbocycles. The standard InChI is InChI=1S/C24H23ClN4O3S/c1-15-28-13-22(32-15)19-8-7-18(11-21(19)31-2)26-9-10-27-23(30)12-24-29-20(14-33-24)16-3-5-17(25)6-4-16/h3-8,11,13-14,26H,9-10,12H2,1-2H3,(H,27,30). The molecule has 170 valence electrons. The van der Waals surface area contributed by atoms with E-state index in [1.165, 1.54) is 11.3 Å². The van der Waals surface area contributed by atoms with Crippen LogP contribution >= 0.6 is 22.9 Å². The normalized spacial score (nSPS) is 10.8. The first-order valence-electron chi connectivity index (χ1n) is 10.3. The van der Waals surface area contributed by atoms with Crippen LogP contribution in [-0.4, -0.2) is 36.1 Å². The molecule has 7 nitrogen and oxygen atoms in total. The minimum Gasteiger partial charge on any atom is -0.496 e. The average Bonchev–Trinajstić information content (AvgIpc) is 3.46. The Morgan fingerprint density at radius 1 is 1.18 bits per heavy atom. The van der Waals surface area contributed by atoms with Crippen molar-refractivity contribution in [2.45, 2.75) is 13.3 Å². The summed E-state index contributed by atoms with van der Waals surface area (Å²) >= 11 is 7.40. The number of aromatic nitrogens is 2. The third-order valence-corrected chi connectivity index (χ3v) is 5.97. The molecule has 4 rings (SSSR count). The molecule has 0 unspecified atom stereocenters. The second-order valence-electron chi connectivity index (χ2n) is 7.25. The first-order valence-corrected chi connectivity index (χ1v) is 11.6. The first kappa shape index (κ1) is 22.8. The molecule has 0 saturated carbocycles. The Morgan fingerprint density at radius 2 is 2.00 bits per heavy atom. The highest BCUT2D eigenvalue weighted by molar-refractivity contribution is 7.10. The van der Waals surface area contributed by atoms with Crippen LogP contribution in [0.4, 0.5) is 5.69 Å². The highest BCUT2D eigenvalue weighted by Gasteiger charge is 2.12. The molecule has 0 aliphatic rings. The Hall–Kier alpha value is -3.36. The van der Waals surface area contributed by atoms with Crippen LogP contribution in [-0.2, 0) is 11.2 Å². The van der Waals surface area contributed by atoms with E-state index < -0.39 is 0 Å². The van der Waals surface area contributed by atoms with Crippen molar-refractivity contribution in [2.75, 3.05) is 25.5 Å². The molecule has 0 spiro atoms. The number of aryl methyl sites for hydroxylation is 1. The number of oxazole rings is 1. The molecule has 9 heteroatoms. The van der Waals surface area contributed by atoms with Gasteiger partial charge >= 0.3 is 0 Å². The van der Waals surface area contributed by atoms with E-state index in [4.69, 9.17) is 20.8 Å². The van der Waals surface area contributed by atoms with Crippen molar-refractivity contribution in [3.8, 4) is 28.3 Å². The van der Waals surface area contributed by atoms with Crippen LogP contribution in [0.5, 0.6) is 5.75 Å². The number of halogens is 1. The summed E-state index contributed by atoms with van der Waals surface area (Å²) in [4.78, 5) is 21.0. The number of amides is 1. The van der Waals surface area contributed by atoms with Crippen molar-refractivity contribution < 1.29 is 13.9 Å². The van der Waals surface area contributed by atoms with Crippen LogP contribution in [0, 0.1) is 6.92 Å². The van der Waals surface area contributed by atoms with Crippen LogP contribution in [0.1, 0.15) is 10.9 Å². The van der Waals surface area contributed by atoms with Crippen LogP contribution in [0.2, 0.25) is 5.02 Å². The molecule has 0 aliphatic carbocycles. The Balaban J connectivity index is 1.25. The molecule has 4 aromatic rings. The lowest BCUT2D eigenvalue weighted by Crippen LogP contribution is -2.30. The fourth-order valence-corrected chi connectivity index (χ4v) is 4.17. The van der Waals surface area contributed by atoms with Crippen LogP contribution < -0.4 is 15.4 Å². The third-order valence-electron chi connectivity index (χ3n) is 4.87. The number of rotatable bonds is 9. The number of ether oxygens (including phenoxy) is 1. The van der Waals surface area contributed by atoms with Gasteiger partial charge in [-0.2, -0.15) is 0 Å². The second kappa shape index (κ2) is 10.5. The molecule has 0 radical (unpaired) electrons. The quantitative estimate of drug-likeness (QED) is 0.318. The molecule has 1 amide bonds. The van der Waals surface area contributed by atoms with Gasteiger partial charge in [0.2, 0.25) is 5.91 Å². The van der Waals surface area contributed by atoms with Crippen molar-refractivity contribution in [1.29, 1.82) is 0 Å². The highest BCUT2D eigenvalue weighted by Crippen LogP contribution is 2.32. The number of thiazole rings is 1. The van der Waals surface area contributed by atoms with Crippen molar-refractivity contribution in [2.24, 2.45) is 0 Å². The maximum absolute atomic E-state index is 12.3. The minimum atomic E-state index is -0.0672. The van der Waals surface area contributed by atoms with E-state index in [0.717, 1.165) is 27.5 Å². The maximum Gasteiger partial charge on any atom is 0.226 e. The number of anilines is 1. The van der Waals surface area contributed by atoms with Gasteiger partial charge in [0.05, 0.1) is 31.0 Å². The Bertz CT molecular complexity index is 1240. The van der Waals surface area contributed by atoms with E-state index in [2.05, 4.69) is 20.6 Å². The lowest BCUT2D eigenvalue weighted by molar-refractivity contribution is -0.120. The summed E-state index contributed by atoms with van der Waals surface area (Å²) in [5, 5.41) is 9.61. The summed E-state index contributed by atoms with van der Waals surface area (Å²) in [6.07, 6.45) is 1.92. The summed E-state index contributed by atoms with van der Waals surface area (Å²) in [6, 6.07) is 13.2. The smallest absolute Gasteiger partial charge is 0.226 e. The lowest BCUT2D eigenvalue weighted by atomic mass is 10.1. The van der Waals surface area contributed by atoms with Crippen LogP contribution in [0.3, 0.4) is 0 Å². The van der Waals surface area contributed by atoms with E-state index >= 15 is 0 Å². The molecule has 0 atom stereocenters. The van der Waals surface area contributed by atoms with Gasteiger partial charge in [-0.1, -0.05) is 23.7 Å². The zero-order valence-electron chi connectivity index (χ0n) is 18.2. The number of benzene rings is 2. The van der Waals surface area contributed by atoms with Crippen LogP contribution in [0.25, 0.3) is 22.6 Å². The molecule has 0 bridgehead atoms. The van der Waals surface area contributed by atoms with Gasteiger partial charge in [0.25, 0.3) is 0 Å². The number of hydrogen-bond donors (Lipinski definition) is 2. The van der Waals surface area contributed by atoms with Gasteiger partial charge in [0, 0.05) is 47.7 Å². The Kier molecular flexibility index (Phi) is 7.26. The lowest BCUT2D eigenvalue weighted by Gasteiger charge is -2.11. The number of nitrogens with one attached hydrogen (secondary N) is 2. The predicted molar refractivity (Wildman–Crippen MR) is 131 cm³/mol. The van der Waals surface area contributed by atoms with Gasteiger partial charge in [0.1, 0.15) is 10.8 Å².